The van der Waals surface area contributed by atoms with Crippen LogP contribution in [0.5, 0.6) is 5.75 Å². The fourth-order valence-corrected chi connectivity index (χ4v) is 2.66. The smallest absolute Gasteiger partial charge is 0.282 e. The Morgan fingerprint density at radius 1 is 1.35 bits per heavy atom. The monoisotopic (exact) mass is 321 g/mol. The summed E-state index contributed by atoms with van der Waals surface area (Å²) in [4.78, 5) is 35.8. The highest BCUT2D eigenvalue weighted by Crippen LogP contribution is 2.26. The van der Waals surface area contributed by atoms with Gasteiger partial charge in [-0.2, -0.15) is 0 Å². The third-order valence-electron chi connectivity index (χ3n) is 3.82. The third-order valence-corrected chi connectivity index (χ3v) is 3.82. The molecule has 1 heterocycles. The molecule has 0 spiro atoms. The predicted octanol–water partition coefficient (Wildman–Crippen LogP) is 1.34. The van der Waals surface area contributed by atoms with E-state index in [2.05, 4.69) is 5.32 Å². The molecule has 1 fully saturated rings. The molecule has 0 radical (unpaired) electrons. The first-order chi connectivity index (χ1) is 10.9. The zero-order valence-corrected chi connectivity index (χ0v) is 13.1. The fraction of sp³-hybridized carbons (Fsp3) is 0.467. The molecule has 124 valence electrons. The maximum atomic E-state index is 12.6. The lowest BCUT2D eigenvalue weighted by Crippen LogP contribution is -2.46. The zero-order valence-electron chi connectivity index (χ0n) is 13.1. The van der Waals surface area contributed by atoms with Gasteiger partial charge in [-0.25, -0.2) is 0 Å². The molecule has 0 saturated carbocycles. The minimum atomic E-state index is -0.573. The minimum Gasteiger partial charge on any atom is -0.497 e. The van der Waals surface area contributed by atoms with E-state index in [9.17, 15) is 19.7 Å². The minimum absolute atomic E-state index is 0.0207. The van der Waals surface area contributed by atoms with Gasteiger partial charge in [-0.15, -0.1) is 0 Å². The molecule has 1 aliphatic heterocycles. The molecule has 2 amide bonds. The van der Waals surface area contributed by atoms with Crippen molar-refractivity contribution in [3.63, 3.8) is 0 Å². The van der Waals surface area contributed by atoms with E-state index in [0.717, 1.165) is 0 Å². The highest BCUT2D eigenvalue weighted by Gasteiger charge is 2.28. The summed E-state index contributed by atoms with van der Waals surface area (Å²) in [7, 11) is 1.44. The van der Waals surface area contributed by atoms with Crippen molar-refractivity contribution in [2.75, 3.05) is 20.2 Å². The summed E-state index contributed by atoms with van der Waals surface area (Å²) in [5, 5.41) is 14.0. The SMILES string of the molecule is COc1ccc([N+](=O)[O-])c(C(=O)N2CCC(NC(C)=O)CC2)c1. The average Bonchev–Trinajstić information content (AvgIpc) is 2.53. The number of carbonyl (C=O) groups is 2. The predicted molar refractivity (Wildman–Crippen MR) is 82.4 cm³/mol. The first-order valence-corrected chi connectivity index (χ1v) is 7.31. The van der Waals surface area contributed by atoms with E-state index in [1.165, 1.54) is 32.2 Å². The number of hydrogen-bond acceptors (Lipinski definition) is 5. The highest BCUT2D eigenvalue weighted by molar-refractivity contribution is 5.98. The van der Waals surface area contributed by atoms with Gasteiger partial charge >= 0.3 is 0 Å². The highest BCUT2D eigenvalue weighted by atomic mass is 16.6. The number of nitrogens with zero attached hydrogens (tertiary/aromatic N) is 2. The number of nitro groups is 1. The zero-order chi connectivity index (χ0) is 17.0. The second kappa shape index (κ2) is 7.08. The molecule has 1 aromatic carbocycles. The van der Waals surface area contributed by atoms with Gasteiger partial charge in [0.1, 0.15) is 11.3 Å². The van der Waals surface area contributed by atoms with Crippen LogP contribution in [0.2, 0.25) is 0 Å². The standard InChI is InChI=1S/C15H19N3O5/c1-10(19)16-11-5-7-17(8-6-11)15(20)13-9-12(23-2)3-4-14(13)18(21)22/h3-4,9,11H,5-8H2,1-2H3,(H,16,19). The van der Waals surface area contributed by atoms with Crippen molar-refractivity contribution >= 4 is 17.5 Å². The van der Waals surface area contributed by atoms with Crippen molar-refractivity contribution in [3.05, 3.63) is 33.9 Å². The largest absolute Gasteiger partial charge is 0.497 e. The molecule has 8 heteroatoms. The molecule has 2 rings (SSSR count). The molecular formula is C15H19N3O5. The van der Waals surface area contributed by atoms with Crippen LogP contribution in [0.15, 0.2) is 18.2 Å². The van der Waals surface area contributed by atoms with E-state index >= 15 is 0 Å². The number of amides is 2. The van der Waals surface area contributed by atoms with Crippen molar-refractivity contribution in [2.45, 2.75) is 25.8 Å². The van der Waals surface area contributed by atoms with Crippen LogP contribution in [0.3, 0.4) is 0 Å². The van der Waals surface area contributed by atoms with E-state index in [1.54, 1.807) is 4.90 Å². The molecule has 8 nitrogen and oxygen atoms in total. The van der Waals surface area contributed by atoms with Crippen LogP contribution < -0.4 is 10.1 Å². The van der Waals surface area contributed by atoms with Crippen molar-refractivity contribution in [1.29, 1.82) is 0 Å². The van der Waals surface area contributed by atoms with E-state index in [4.69, 9.17) is 4.74 Å². The van der Waals surface area contributed by atoms with Gasteiger partial charge in [-0.05, 0) is 25.0 Å². The molecule has 0 atom stereocenters. The summed E-state index contributed by atoms with van der Waals surface area (Å²) in [5.74, 6) is -0.0952. The molecule has 1 saturated heterocycles. The molecular weight excluding hydrogens is 302 g/mol. The number of rotatable bonds is 4. The van der Waals surface area contributed by atoms with Gasteiger partial charge in [0.25, 0.3) is 11.6 Å². The van der Waals surface area contributed by atoms with Crippen LogP contribution in [0.1, 0.15) is 30.1 Å². The van der Waals surface area contributed by atoms with E-state index < -0.39 is 10.8 Å². The van der Waals surface area contributed by atoms with Crippen LogP contribution in [-0.4, -0.2) is 47.9 Å². The Bertz CT molecular complexity index is 624. The van der Waals surface area contributed by atoms with Gasteiger partial charge < -0.3 is 15.0 Å². The fourth-order valence-electron chi connectivity index (χ4n) is 2.66. The second-order valence-corrected chi connectivity index (χ2v) is 5.41. The topological polar surface area (TPSA) is 102 Å². The van der Waals surface area contributed by atoms with Crippen LogP contribution >= 0.6 is 0 Å². The molecule has 0 bridgehead atoms. The Morgan fingerprint density at radius 2 is 2.00 bits per heavy atom. The van der Waals surface area contributed by atoms with Crippen LogP contribution in [-0.2, 0) is 4.79 Å². The van der Waals surface area contributed by atoms with Crippen LogP contribution in [0.25, 0.3) is 0 Å². The first kappa shape index (κ1) is 16.7. The Hall–Kier alpha value is -2.64. The Labute approximate surface area is 133 Å². The maximum absolute atomic E-state index is 12.6. The molecule has 0 aromatic heterocycles. The third kappa shape index (κ3) is 3.97. The van der Waals surface area contributed by atoms with Gasteiger partial charge in [0.2, 0.25) is 5.91 Å². The van der Waals surface area contributed by atoms with Crippen molar-refractivity contribution in [1.82, 2.24) is 10.2 Å². The number of methoxy groups -OCH3 is 1. The quantitative estimate of drug-likeness (QED) is 0.666. The van der Waals surface area contributed by atoms with Crippen molar-refractivity contribution in [3.8, 4) is 5.75 Å². The summed E-state index contributed by atoms with van der Waals surface area (Å²) in [6.45, 7) is 2.34. The van der Waals surface area contributed by atoms with Gasteiger partial charge in [-0.1, -0.05) is 0 Å². The summed E-state index contributed by atoms with van der Waals surface area (Å²) in [6, 6.07) is 4.16. The lowest BCUT2D eigenvalue weighted by molar-refractivity contribution is -0.385. The molecule has 1 aromatic rings. The molecule has 0 aliphatic carbocycles. The number of ether oxygens (including phenoxy) is 1. The van der Waals surface area contributed by atoms with Crippen molar-refractivity contribution in [2.24, 2.45) is 0 Å². The van der Waals surface area contributed by atoms with Gasteiger partial charge in [0.05, 0.1) is 12.0 Å². The lowest BCUT2D eigenvalue weighted by Gasteiger charge is -2.32. The average molecular weight is 321 g/mol. The Balaban J connectivity index is 2.15. The normalized spacial score (nSPS) is 15.1. The van der Waals surface area contributed by atoms with Gasteiger partial charge in [0, 0.05) is 32.1 Å². The molecule has 1 aliphatic rings. The Morgan fingerprint density at radius 3 is 2.52 bits per heavy atom. The number of piperidine rings is 1. The van der Waals surface area contributed by atoms with Crippen LogP contribution in [0, 0.1) is 10.1 Å². The van der Waals surface area contributed by atoms with Crippen LogP contribution in [0.4, 0.5) is 5.69 Å². The number of hydrogen-bond donors (Lipinski definition) is 1. The van der Waals surface area contributed by atoms with Gasteiger partial charge in [0.15, 0.2) is 0 Å². The molecule has 23 heavy (non-hydrogen) atoms. The Kier molecular flexibility index (Phi) is 5.15. The van der Waals surface area contributed by atoms with Crippen molar-refractivity contribution < 1.29 is 19.2 Å². The summed E-state index contributed by atoms with van der Waals surface area (Å²) < 4.78 is 5.05. The van der Waals surface area contributed by atoms with E-state index in [1.807, 2.05) is 0 Å². The summed E-state index contributed by atoms with van der Waals surface area (Å²) in [5.41, 5.74) is -0.216. The molecule has 0 unspecified atom stereocenters. The van der Waals surface area contributed by atoms with E-state index in [0.29, 0.717) is 31.7 Å². The number of likely N-dealkylation sites (tertiary alicyclic amines) is 1. The number of benzene rings is 1. The summed E-state index contributed by atoms with van der Waals surface area (Å²) in [6.07, 6.45) is 1.26. The summed E-state index contributed by atoms with van der Waals surface area (Å²) >= 11 is 0. The lowest BCUT2D eigenvalue weighted by atomic mass is 10.0. The molecule has 1 N–H and O–H groups in total. The number of carbonyl (C=O) groups excluding carboxylic acids is 2. The van der Waals surface area contributed by atoms with E-state index in [-0.39, 0.29) is 23.2 Å². The maximum Gasteiger partial charge on any atom is 0.282 e. The first-order valence-electron chi connectivity index (χ1n) is 7.31. The van der Waals surface area contributed by atoms with Gasteiger partial charge in [-0.3, -0.25) is 19.7 Å². The second-order valence-electron chi connectivity index (χ2n) is 5.41. The number of nitrogens with one attached hydrogen (secondary N) is 1. The number of nitro benzene ring substituents is 1.